The van der Waals surface area contributed by atoms with E-state index in [0.29, 0.717) is 38.3 Å². The summed E-state index contributed by atoms with van der Waals surface area (Å²) in [7, 11) is 0. The van der Waals surface area contributed by atoms with E-state index < -0.39 is 5.97 Å². The molecule has 0 fully saturated rings. The zero-order valence-electron chi connectivity index (χ0n) is 12.1. The summed E-state index contributed by atoms with van der Waals surface area (Å²) in [5.74, 6) is -1.26. The number of amides is 1. The highest BCUT2D eigenvalue weighted by molar-refractivity contribution is 9.13. The number of carbonyl (C=O) groups excluding carboxylic acids is 1. The summed E-state index contributed by atoms with van der Waals surface area (Å²) in [5, 5.41) is 12.0. The van der Waals surface area contributed by atoms with Gasteiger partial charge in [0.2, 0.25) is 0 Å². The van der Waals surface area contributed by atoms with E-state index in [1.807, 2.05) is 0 Å². The van der Waals surface area contributed by atoms with E-state index in [1.165, 1.54) is 6.07 Å². The molecule has 9 heteroatoms. The highest BCUT2D eigenvalue weighted by atomic mass is 79.9. The number of para-hydroxylation sites is 1. The number of carboxylic acid groups (broad SMARTS) is 1. The van der Waals surface area contributed by atoms with Gasteiger partial charge >= 0.3 is 5.97 Å². The normalized spacial score (nSPS) is 13.4. The van der Waals surface area contributed by atoms with Crippen LogP contribution in [0.1, 0.15) is 26.4 Å². The summed E-state index contributed by atoms with van der Waals surface area (Å²) in [4.78, 5) is 26.3. The Morgan fingerprint density at radius 1 is 1.21 bits per heavy atom. The molecule has 0 bridgehead atoms. The second-order valence-electron chi connectivity index (χ2n) is 4.93. The molecule has 0 aliphatic carbocycles. The van der Waals surface area contributed by atoms with Crippen LogP contribution in [0.3, 0.4) is 0 Å². The van der Waals surface area contributed by atoms with Gasteiger partial charge < -0.3 is 26.3 Å². The molecular weight excluding hydrogens is 444 g/mol. The number of aromatic amines is 1. The van der Waals surface area contributed by atoms with Crippen LogP contribution >= 0.6 is 31.9 Å². The first kappa shape index (κ1) is 16.6. The van der Waals surface area contributed by atoms with Gasteiger partial charge in [-0.15, -0.1) is 0 Å². The fourth-order valence-electron chi connectivity index (χ4n) is 2.33. The molecule has 1 aliphatic rings. The smallest absolute Gasteiger partial charge is 0.337 e. The molecular formula is C15H12Br2N4O3. The topological polar surface area (TPSA) is 106 Å². The number of hydrazine groups is 1. The van der Waals surface area contributed by atoms with Crippen LogP contribution in [0.2, 0.25) is 0 Å². The molecule has 1 aromatic heterocycles. The van der Waals surface area contributed by atoms with Crippen LogP contribution in [0.25, 0.3) is 5.70 Å². The second-order valence-corrected chi connectivity index (χ2v) is 6.52. The molecule has 3 rings (SSSR count). The number of hydrogen-bond acceptors (Lipinski definition) is 4. The number of carboxylic acids is 1. The molecule has 2 aromatic rings. The molecule has 0 saturated carbocycles. The molecule has 0 saturated heterocycles. The van der Waals surface area contributed by atoms with E-state index in [1.54, 1.807) is 24.3 Å². The zero-order valence-corrected chi connectivity index (χ0v) is 15.3. The summed E-state index contributed by atoms with van der Waals surface area (Å²) in [5.41, 5.74) is 8.13. The highest BCUT2D eigenvalue weighted by Crippen LogP contribution is 2.34. The summed E-state index contributed by atoms with van der Waals surface area (Å²) in [6.45, 7) is 0.343. The van der Waals surface area contributed by atoms with Gasteiger partial charge in [0.1, 0.15) is 5.69 Å². The highest BCUT2D eigenvalue weighted by Gasteiger charge is 2.24. The fourth-order valence-corrected chi connectivity index (χ4v) is 3.24. The average molecular weight is 456 g/mol. The van der Waals surface area contributed by atoms with E-state index in [-0.39, 0.29) is 11.5 Å². The van der Waals surface area contributed by atoms with Crippen LogP contribution in [0.15, 0.2) is 39.4 Å². The minimum atomic E-state index is -1.03. The molecule has 7 nitrogen and oxygen atoms in total. The van der Waals surface area contributed by atoms with Gasteiger partial charge in [0.25, 0.3) is 5.91 Å². The Morgan fingerprint density at radius 3 is 2.71 bits per heavy atom. The summed E-state index contributed by atoms with van der Waals surface area (Å²) < 4.78 is 1.34. The summed E-state index contributed by atoms with van der Waals surface area (Å²) in [6, 6.07) is 6.55. The SMILES string of the molecule is O=C(O)c1ccccc1NNC1=CCNC(=O)c2[nH]c(Br)c(Br)c21. The Bertz CT molecular complexity index is 860. The third-order valence-electron chi connectivity index (χ3n) is 3.45. The maximum atomic E-state index is 12.1. The molecule has 0 unspecified atom stereocenters. The number of H-pyrrole nitrogens is 1. The zero-order chi connectivity index (χ0) is 17.3. The molecule has 0 radical (unpaired) electrons. The summed E-state index contributed by atoms with van der Waals surface area (Å²) in [6.07, 6.45) is 1.80. The lowest BCUT2D eigenvalue weighted by Crippen LogP contribution is -2.23. The van der Waals surface area contributed by atoms with Gasteiger partial charge in [-0.1, -0.05) is 12.1 Å². The molecule has 1 amide bonds. The van der Waals surface area contributed by atoms with Crippen LogP contribution in [-0.2, 0) is 0 Å². The Balaban J connectivity index is 1.91. The number of rotatable bonds is 4. The lowest BCUT2D eigenvalue weighted by atomic mass is 10.1. The van der Waals surface area contributed by atoms with Crippen LogP contribution in [0, 0.1) is 0 Å². The van der Waals surface area contributed by atoms with Crippen molar-refractivity contribution in [3.05, 3.63) is 56.2 Å². The first-order chi connectivity index (χ1) is 11.5. The lowest BCUT2D eigenvalue weighted by Gasteiger charge is -2.14. The van der Waals surface area contributed by atoms with Gasteiger partial charge in [-0.05, 0) is 50.1 Å². The molecule has 0 atom stereocenters. The Hall–Kier alpha value is -2.26. The van der Waals surface area contributed by atoms with E-state index >= 15 is 0 Å². The third kappa shape index (κ3) is 3.04. The standard InChI is InChI=1S/C15H12Br2N4O3/c16-11-10-9(5-6-18-14(22)12(10)19-13(11)17)21-20-8-4-2-1-3-7(8)15(23)24/h1-5,19-21H,6H2,(H,18,22)(H,23,24). The van der Waals surface area contributed by atoms with Crippen molar-refractivity contribution in [3.63, 3.8) is 0 Å². The Morgan fingerprint density at radius 2 is 1.96 bits per heavy atom. The van der Waals surface area contributed by atoms with Gasteiger partial charge in [0.05, 0.1) is 26.0 Å². The van der Waals surface area contributed by atoms with Gasteiger partial charge in [-0.3, -0.25) is 4.79 Å². The minimum absolute atomic E-state index is 0.142. The predicted molar refractivity (Wildman–Crippen MR) is 96.7 cm³/mol. The number of anilines is 1. The molecule has 124 valence electrons. The van der Waals surface area contributed by atoms with Crippen molar-refractivity contribution < 1.29 is 14.7 Å². The van der Waals surface area contributed by atoms with Gasteiger partial charge in [-0.2, -0.15) is 0 Å². The van der Waals surface area contributed by atoms with Crippen molar-refractivity contribution in [2.45, 2.75) is 0 Å². The molecule has 24 heavy (non-hydrogen) atoms. The van der Waals surface area contributed by atoms with Gasteiger partial charge in [0, 0.05) is 12.1 Å². The quantitative estimate of drug-likeness (QED) is 0.456. The van der Waals surface area contributed by atoms with E-state index in [0.717, 1.165) is 0 Å². The van der Waals surface area contributed by atoms with Crippen LogP contribution in [-0.4, -0.2) is 28.5 Å². The van der Waals surface area contributed by atoms with Crippen LogP contribution in [0.4, 0.5) is 5.69 Å². The Labute approximate surface area is 153 Å². The average Bonchev–Trinajstić information content (AvgIpc) is 2.77. The number of fused-ring (bicyclic) bond motifs is 1. The first-order valence-electron chi connectivity index (χ1n) is 6.89. The molecule has 1 aliphatic heterocycles. The second kappa shape index (κ2) is 6.70. The van der Waals surface area contributed by atoms with E-state index in [9.17, 15) is 14.7 Å². The fraction of sp³-hybridized carbons (Fsp3) is 0.0667. The number of hydrogen-bond donors (Lipinski definition) is 5. The van der Waals surface area contributed by atoms with Crippen LogP contribution in [0.5, 0.6) is 0 Å². The number of benzene rings is 1. The van der Waals surface area contributed by atoms with Crippen LogP contribution < -0.4 is 16.2 Å². The van der Waals surface area contributed by atoms with Crippen molar-refractivity contribution in [3.8, 4) is 0 Å². The van der Waals surface area contributed by atoms with E-state index in [2.05, 4.69) is 53.0 Å². The number of halogens is 2. The molecule has 5 N–H and O–H groups in total. The maximum Gasteiger partial charge on any atom is 0.337 e. The lowest BCUT2D eigenvalue weighted by molar-refractivity contribution is 0.0697. The van der Waals surface area contributed by atoms with E-state index in [4.69, 9.17) is 0 Å². The number of carbonyl (C=O) groups is 2. The third-order valence-corrected chi connectivity index (χ3v) is 5.37. The number of aromatic nitrogens is 1. The molecule has 1 aromatic carbocycles. The van der Waals surface area contributed by atoms with Crippen molar-refractivity contribution in [2.24, 2.45) is 0 Å². The first-order valence-corrected chi connectivity index (χ1v) is 8.47. The maximum absolute atomic E-state index is 12.1. The van der Waals surface area contributed by atoms with Crippen molar-refractivity contribution in [1.29, 1.82) is 0 Å². The number of aromatic carboxylic acids is 1. The van der Waals surface area contributed by atoms with Crippen molar-refractivity contribution >= 4 is 55.1 Å². The largest absolute Gasteiger partial charge is 0.478 e. The summed E-state index contributed by atoms with van der Waals surface area (Å²) >= 11 is 6.79. The van der Waals surface area contributed by atoms with Crippen molar-refractivity contribution in [2.75, 3.05) is 12.0 Å². The Kier molecular flexibility index (Phi) is 4.63. The van der Waals surface area contributed by atoms with Gasteiger partial charge in [0.15, 0.2) is 0 Å². The van der Waals surface area contributed by atoms with Crippen molar-refractivity contribution in [1.82, 2.24) is 15.7 Å². The monoisotopic (exact) mass is 454 g/mol. The molecule has 2 heterocycles. The molecule has 0 spiro atoms. The predicted octanol–water partition coefficient (Wildman–Crippen LogP) is 2.94. The van der Waals surface area contributed by atoms with Gasteiger partial charge in [-0.25, -0.2) is 4.79 Å². The number of nitrogens with one attached hydrogen (secondary N) is 4. The minimum Gasteiger partial charge on any atom is -0.478 e.